The van der Waals surface area contributed by atoms with E-state index < -0.39 is 6.17 Å². The van der Waals surface area contributed by atoms with Gasteiger partial charge in [0.2, 0.25) is 5.91 Å². The number of anilines is 1. The molecule has 0 saturated carbocycles. The highest BCUT2D eigenvalue weighted by atomic mass is 16.1. The van der Waals surface area contributed by atoms with E-state index in [1.807, 2.05) is 18.2 Å². The van der Waals surface area contributed by atoms with E-state index in [9.17, 15) is 4.79 Å². The summed E-state index contributed by atoms with van der Waals surface area (Å²) >= 11 is 0. The van der Waals surface area contributed by atoms with E-state index in [4.69, 9.17) is 11.0 Å². The van der Waals surface area contributed by atoms with E-state index in [0.717, 1.165) is 52.1 Å². The van der Waals surface area contributed by atoms with Gasteiger partial charge in [-0.1, -0.05) is 18.2 Å². The molecule has 26 heavy (non-hydrogen) atoms. The highest BCUT2D eigenvalue weighted by Crippen LogP contribution is 2.17. The summed E-state index contributed by atoms with van der Waals surface area (Å²) in [5.41, 5.74) is 6.88. The number of nitrogens with two attached hydrogens (primary N) is 1. The smallest absolute Gasteiger partial charge is 0.249 e. The van der Waals surface area contributed by atoms with Crippen molar-refractivity contribution in [1.29, 1.82) is 5.26 Å². The van der Waals surface area contributed by atoms with Crippen LogP contribution in [-0.2, 0) is 4.79 Å². The molecular weight excluding hydrogens is 328 g/mol. The molecule has 0 aromatic heterocycles. The van der Waals surface area contributed by atoms with Gasteiger partial charge in [-0.05, 0) is 30.9 Å². The van der Waals surface area contributed by atoms with Crippen LogP contribution in [0, 0.1) is 17.4 Å². The van der Waals surface area contributed by atoms with Gasteiger partial charge >= 0.3 is 0 Å². The summed E-state index contributed by atoms with van der Waals surface area (Å²) in [5, 5.41) is 12.4. The number of nitrogens with zero attached hydrogens (tertiary/aromatic N) is 4. The number of primary amides is 1. The number of carbonyl (C=O) groups excluding carboxylic acids is 1. The number of likely N-dealkylation sites (tertiary alicyclic amines) is 1. The molecule has 0 aliphatic carbocycles. The Balaban J connectivity index is 1.51. The molecule has 3 rings (SSSR count). The molecule has 1 aromatic carbocycles. The van der Waals surface area contributed by atoms with Crippen molar-refractivity contribution in [2.45, 2.75) is 19.0 Å². The van der Waals surface area contributed by atoms with Gasteiger partial charge in [0, 0.05) is 51.5 Å². The topological polar surface area (TPSA) is 88.6 Å². The molecule has 0 spiro atoms. The van der Waals surface area contributed by atoms with Crippen molar-refractivity contribution in [1.82, 2.24) is 15.1 Å². The number of hydrogen-bond donors (Lipinski definition) is 2. The van der Waals surface area contributed by atoms with E-state index in [2.05, 4.69) is 33.4 Å². The van der Waals surface area contributed by atoms with Crippen molar-refractivity contribution in [2.24, 2.45) is 11.7 Å². The fourth-order valence-electron chi connectivity index (χ4n) is 3.89. The Labute approximate surface area is 155 Å². The fourth-order valence-corrected chi connectivity index (χ4v) is 3.89. The van der Waals surface area contributed by atoms with Crippen molar-refractivity contribution in [3.63, 3.8) is 0 Å². The van der Waals surface area contributed by atoms with Crippen LogP contribution in [0.1, 0.15) is 12.8 Å². The third kappa shape index (κ3) is 4.65. The Hall–Kier alpha value is -2.30. The first-order valence-electron chi connectivity index (χ1n) is 9.39. The van der Waals surface area contributed by atoms with Crippen LogP contribution >= 0.6 is 0 Å². The lowest BCUT2D eigenvalue weighted by atomic mass is 9.98. The summed E-state index contributed by atoms with van der Waals surface area (Å²) in [6.45, 7) is 5.66. The van der Waals surface area contributed by atoms with Crippen molar-refractivity contribution >= 4 is 11.6 Å². The van der Waals surface area contributed by atoms with Crippen LogP contribution in [0.2, 0.25) is 0 Å². The van der Waals surface area contributed by atoms with E-state index in [0.29, 0.717) is 12.5 Å². The first kappa shape index (κ1) is 18.5. The normalized spacial score (nSPS) is 22.7. The Kier molecular flexibility index (Phi) is 6.31. The SMILES string of the molecule is N#CN1CCCC(CNC(C(N)=O)N2CCN(c3ccccc3)CC2)C1. The standard InChI is InChI=1S/C19H28N6O/c20-15-23-8-4-5-16(14-23)13-22-19(18(21)26)25-11-9-24(10-12-25)17-6-2-1-3-7-17/h1-3,6-7,16,19,22H,4-5,8-14H2,(H2,21,26). The zero-order valence-corrected chi connectivity index (χ0v) is 15.2. The highest BCUT2D eigenvalue weighted by Gasteiger charge is 2.28. The van der Waals surface area contributed by atoms with Crippen LogP contribution < -0.4 is 16.0 Å². The fraction of sp³-hybridized carbons (Fsp3) is 0.579. The van der Waals surface area contributed by atoms with Crippen LogP contribution in [0.5, 0.6) is 0 Å². The lowest BCUT2D eigenvalue weighted by Gasteiger charge is -2.40. The predicted octanol–water partition coefficient (Wildman–Crippen LogP) is 0.403. The number of para-hydroxylation sites is 1. The molecule has 7 nitrogen and oxygen atoms in total. The molecule has 2 aliphatic heterocycles. The van der Waals surface area contributed by atoms with Crippen molar-refractivity contribution in [2.75, 3.05) is 50.7 Å². The number of hydrogen-bond acceptors (Lipinski definition) is 6. The Bertz CT molecular complexity index is 623. The predicted molar refractivity (Wildman–Crippen MR) is 101 cm³/mol. The van der Waals surface area contributed by atoms with Crippen LogP contribution in [0.3, 0.4) is 0 Å². The monoisotopic (exact) mass is 356 g/mol. The molecule has 0 radical (unpaired) electrons. The third-order valence-electron chi connectivity index (χ3n) is 5.33. The molecule has 2 saturated heterocycles. The summed E-state index contributed by atoms with van der Waals surface area (Å²) < 4.78 is 0. The Morgan fingerprint density at radius 1 is 1.23 bits per heavy atom. The Morgan fingerprint density at radius 3 is 2.62 bits per heavy atom. The van der Waals surface area contributed by atoms with Crippen LogP contribution in [0.4, 0.5) is 5.69 Å². The van der Waals surface area contributed by atoms with Crippen molar-refractivity contribution in [3.8, 4) is 6.19 Å². The molecule has 2 heterocycles. The van der Waals surface area contributed by atoms with Gasteiger partial charge in [-0.3, -0.25) is 15.0 Å². The zero-order valence-electron chi connectivity index (χ0n) is 15.2. The number of benzene rings is 1. The van der Waals surface area contributed by atoms with E-state index in [1.165, 1.54) is 5.69 Å². The largest absolute Gasteiger partial charge is 0.369 e. The van der Waals surface area contributed by atoms with Gasteiger partial charge in [0.25, 0.3) is 0 Å². The number of nitrogens with one attached hydrogen (secondary N) is 1. The second-order valence-corrected chi connectivity index (χ2v) is 7.13. The second-order valence-electron chi connectivity index (χ2n) is 7.13. The molecule has 2 unspecified atom stereocenters. The first-order valence-corrected chi connectivity index (χ1v) is 9.39. The highest BCUT2D eigenvalue weighted by molar-refractivity contribution is 5.79. The third-order valence-corrected chi connectivity index (χ3v) is 5.33. The van der Waals surface area contributed by atoms with Gasteiger partial charge in [0.05, 0.1) is 0 Å². The maximum Gasteiger partial charge on any atom is 0.249 e. The number of nitriles is 1. The molecule has 2 fully saturated rings. The summed E-state index contributed by atoms with van der Waals surface area (Å²) in [7, 11) is 0. The maximum absolute atomic E-state index is 12.0. The minimum atomic E-state index is -0.439. The molecular formula is C19H28N6O. The molecule has 3 N–H and O–H groups in total. The van der Waals surface area contributed by atoms with Gasteiger partial charge in [0.1, 0.15) is 6.17 Å². The maximum atomic E-state index is 12.0. The molecule has 1 aromatic rings. The van der Waals surface area contributed by atoms with E-state index in [1.54, 1.807) is 4.90 Å². The second kappa shape index (κ2) is 8.88. The van der Waals surface area contributed by atoms with Crippen molar-refractivity contribution < 1.29 is 4.79 Å². The summed E-state index contributed by atoms with van der Waals surface area (Å²) in [5.74, 6) is 0.0574. The van der Waals surface area contributed by atoms with E-state index in [-0.39, 0.29) is 5.91 Å². The quantitative estimate of drug-likeness (QED) is 0.718. The lowest BCUT2D eigenvalue weighted by molar-refractivity contribution is -0.124. The number of piperidine rings is 1. The minimum Gasteiger partial charge on any atom is -0.369 e. The number of rotatable bonds is 6. The summed E-state index contributed by atoms with van der Waals surface area (Å²) in [6, 6.07) is 10.3. The lowest BCUT2D eigenvalue weighted by Crippen LogP contribution is -2.60. The average Bonchev–Trinajstić information content (AvgIpc) is 2.69. The molecule has 1 amide bonds. The number of piperazine rings is 1. The number of amides is 1. The van der Waals surface area contributed by atoms with Crippen LogP contribution in [0.25, 0.3) is 0 Å². The zero-order chi connectivity index (χ0) is 18.4. The van der Waals surface area contributed by atoms with Crippen LogP contribution in [0.15, 0.2) is 30.3 Å². The summed E-state index contributed by atoms with van der Waals surface area (Å²) in [4.78, 5) is 18.2. The van der Waals surface area contributed by atoms with Crippen molar-refractivity contribution in [3.05, 3.63) is 30.3 Å². The van der Waals surface area contributed by atoms with Gasteiger partial charge in [0.15, 0.2) is 6.19 Å². The van der Waals surface area contributed by atoms with E-state index >= 15 is 0 Å². The molecule has 0 bridgehead atoms. The van der Waals surface area contributed by atoms with Gasteiger partial charge < -0.3 is 15.5 Å². The van der Waals surface area contributed by atoms with Gasteiger partial charge in [-0.15, -0.1) is 0 Å². The molecule has 7 heteroatoms. The number of carbonyl (C=O) groups is 1. The molecule has 2 aliphatic rings. The van der Waals surface area contributed by atoms with Gasteiger partial charge in [-0.2, -0.15) is 5.26 Å². The average molecular weight is 356 g/mol. The summed E-state index contributed by atoms with van der Waals surface area (Å²) in [6.07, 6.45) is 3.89. The minimum absolute atomic E-state index is 0.328. The molecule has 2 atom stereocenters. The first-order chi connectivity index (χ1) is 12.7. The Morgan fingerprint density at radius 2 is 1.96 bits per heavy atom. The van der Waals surface area contributed by atoms with Gasteiger partial charge in [-0.25, -0.2) is 0 Å². The molecule has 140 valence electrons. The van der Waals surface area contributed by atoms with Crippen LogP contribution in [-0.4, -0.2) is 67.7 Å².